The summed E-state index contributed by atoms with van der Waals surface area (Å²) in [5.41, 5.74) is 4.98. The first-order chi connectivity index (χ1) is 4.74. The summed E-state index contributed by atoms with van der Waals surface area (Å²) in [6.07, 6.45) is 0.938. The van der Waals surface area contributed by atoms with E-state index in [1.54, 1.807) is 0 Å². The van der Waals surface area contributed by atoms with Gasteiger partial charge in [-0.3, -0.25) is 0 Å². The molecular formula is C6H7NO3. The van der Waals surface area contributed by atoms with Crippen LogP contribution in [0.1, 0.15) is 0 Å². The molecule has 0 aromatic carbocycles. The van der Waals surface area contributed by atoms with Crippen LogP contribution in [0, 0.1) is 0 Å². The Kier molecular flexibility index (Phi) is 3.87. The standard InChI is InChI=1S/C6H7NO3/c1-2-6(9)10-5(3-7)4-8/h2H,1,3,7H2. The number of rotatable bonds is 3. The summed E-state index contributed by atoms with van der Waals surface area (Å²) in [5.74, 6) is 0.445. The van der Waals surface area contributed by atoms with Gasteiger partial charge >= 0.3 is 5.97 Å². The van der Waals surface area contributed by atoms with Gasteiger partial charge in [-0.2, -0.15) is 0 Å². The van der Waals surface area contributed by atoms with Gasteiger partial charge in [0.05, 0.1) is 6.54 Å². The fraction of sp³-hybridized carbons (Fsp3) is 0.167. The molecule has 4 heteroatoms. The maximum Gasteiger partial charge on any atom is 0.335 e. The van der Waals surface area contributed by atoms with E-state index in [9.17, 15) is 9.59 Å². The molecule has 0 aromatic heterocycles. The second-order valence-electron chi connectivity index (χ2n) is 1.35. The van der Waals surface area contributed by atoms with Crippen molar-refractivity contribution in [3.8, 4) is 0 Å². The zero-order chi connectivity index (χ0) is 7.98. The molecule has 0 heterocycles. The molecule has 0 radical (unpaired) electrons. The molecule has 0 amide bonds. The van der Waals surface area contributed by atoms with Crippen LogP contribution in [0.4, 0.5) is 0 Å². The molecule has 0 unspecified atom stereocenters. The largest absolute Gasteiger partial charge is 0.415 e. The Morgan fingerprint density at radius 3 is 2.70 bits per heavy atom. The molecular weight excluding hydrogens is 134 g/mol. The molecule has 0 aromatic rings. The van der Waals surface area contributed by atoms with Crippen molar-refractivity contribution < 1.29 is 14.3 Å². The molecule has 54 valence electrons. The van der Waals surface area contributed by atoms with Gasteiger partial charge in [-0.15, -0.1) is 0 Å². The van der Waals surface area contributed by atoms with Gasteiger partial charge in [0.1, 0.15) is 0 Å². The van der Waals surface area contributed by atoms with Crippen LogP contribution in [0.5, 0.6) is 0 Å². The first kappa shape index (κ1) is 8.62. The van der Waals surface area contributed by atoms with Crippen LogP contribution in [0.15, 0.2) is 18.4 Å². The third-order valence-electron chi connectivity index (χ3n) is 0.690. The highest BCUT2D eigenvalue weighted by molar-refractivity contribution is 5.83. The highest BCUT2D eigenvalue weighted by atomic mass is 16.5. The molecule has 0 atom stereocenters. The Balaban J connectivity index is 4.00. The Morgan fingerprint density at radius 1 is 1.80 bits per heavy atom. The quantitative estimate of drug-likeness (QED) is 0.246. The zero-order valence-electron chi connectivity index (χ0n) is 5.29. The van der Waals surface area contributed by atoms with Crippen LogP contribution in [0.3, 0.4) is 0 Å². The molecule has 2 N–H and O–H groups in total. The number of hydrogen-bond acceptors (Lipinski definition) is 4. The average molecular weight is 141 g/mol. The average Bonchev–Trinajstić information content (AvgIpc) is 1.99. The van der Waals surface area contributed by atoms with Crippen LogP contribution in [-0.2, 0) is 14.3 Å². The molecule has 0 aliphatic rings. The molecule has 0 rings (SSSR count). The van der Waals surface area contributed by atoms with Crippen LogP contribution < -0.4 is 5.73 Å². The summed E-state index contributed by atoms with van der Waals surface area (Å²) in [4.78, 5) is 20.2. The second kappa shape index (κ2) is 4.49. The minimum Gasteiger partial charge on any atom is -0.415 e. The van der Waals surface area contributed by atoms with Gasteiger partial charge in [-0.25, -0.2) is 9.59 Å². The highest BCUT2D eigenvalue weighted by Gasteiger charge is 2.00. The minimum atomic E-state index is -0.705. The molecule has 4 nitrogen and oxygen atoms in total. The van der Waals surface area contributed by atoms with Gasteiger partial charge in [0.2, 0.25) is 5.76 Å². The molecule has 0 aliphatic heterocycles. The van der Waals surface area contributed by atoms with E-state index in [4.69, 9.17) is 5.73 Å². The lowest BCUT2D eigenvalue weighted by atomic mass is 10.5. The van der Waals surface area contributed by atoms with Crippen molar-refractivity contribution in [2.75, 3.05) is 6.54 Å². The van der Waals surface area contributed by atoms with E-state index in [0.717, 1.165) is 6.08 Å². The lowest BCUT2D eigenvalue weighted by Gasteiger charge is -1.96. The van der Waals surface area contributed by atoms with Gasteiger partial charge in [0.25, 0.3) is 0 Å². The zero-order valence-corrected chi connectivity index (χ0v) is 5.29. The van der Waals surface area contributed by atoms with E-state index in [1.165, 1.54) is 5.94 Å². The van der Waals surface area contributed by atoms with Crippen molar-refractivity contribution in [3.05, 3.63) is 18.4 Å². The number of ether oxygens (including phenoxy) is 1. The fourth-order valence-electron chi connectivity index (χ4n) is 0.267. The Hall–Kier alpha value is -1.38. The van der Waals surface area contributed by atoms with Crippen molar-refractivity contribution >= 4 is 11.9 Å². The number of esters is 1. The summed E-state index contributed by atoms with van der Waals surface area (Å²) >= 11 is 0. The maximum atomic E-state index is 10.3. The van der Waals surface area contributed by atoms with Crippen molar-refractivity contribution in [1.82, 2.24) is 0 Å². The van der Waals surface area contributed by atoms with E-state index in [2.05, 4.69) is 11.3 Å². The number of hydrogen-bond donors (Lipinski definition) is 1. The van der Waals surface area contributed by atoms with Crippen LogP contribution in [0.25, 0.3) is 0 Å². The summed E-state index contributed by atoms with van der Waals surface area (Å²) < 4.78 is 4.31. The molecule has 0 bridgehead atoms. The highest BCUT2D eigenvalue weighted by Crippen LogP contribution is 1.88. The predicted octanol–water partition coefficient (Wildman–Crippen LogP) is -0.610. The predicted molar refractivity (Wildman–Crippen MR) is 34.5 cm³/mol. The van der Waals surface area contributed by atoms with E-state index in [0.29, 0.717) is 0 Å². The van der Waals surface area contributed by atoms with E-state index < -0.39 is 5.97 Å². The summed E-state index contributed by atoms with van der Waals surface area (Å²) in [6.45, 7) is 2.99. The van der Waals surface area contributed by atoms with Gasteiger partial charge in [-0.1, -0.05) is 6.58 Å². The van der Waals surface area contributed by atoms with Gasteiger partial charge < -0.3 is 10.5 Å². The molecule has 0 saturated carbocycles. The van der Waals surface area contributed by atoms with E-state index in [-0.39, 0.29) is 12.3 Å². The van der Waals surface area contributed by atoms with Crippen molar-refractivity contribution in [2.24, 2.45) is 5.73 Å². The van der Waals surface area contributed by atoms with Crippen LogP contribution in [-0.4, -0.2) is 18.5 Å². The second-order valence-corrected chi connectivity index (χ2v) is 1.35. The fourth-order valence-corrected chi connectivity index (χ4v) is 0.267. The first-order valence-corrected chi connectivity index (χ1v) is 2.53. The topological polar surface area (TPSA) is 69.4 Å². The van der Waals surface area contributed by atoms with Crippen molar-refractivity contribution in [1.29, 1.82) is 0 Å². The molecule has 10 heavy (non-hydrogen) atoms. The summed E-state index contributed by atoms with van der Waals surface area (Å²) in [5, 5.41) is 0. The third kappa shape index (κ3) is 2.81. The molecule has 0 spiro atoms. The monoisotopic (exact) mass is 141 g/mol. The number of carbonyl (C=O) groups excluding carboxylic acids is 2. The molecule has 0 saturated heterocycles. The molecule has 0 fully saturated rings. The van der Waals surface area contributed by atoms with Gasteiger partial charge in [0.15, 0.2) is 5.94 Å². The lowest BCUT2D eigenvalue weighted by molar-refractivity contribution is -0.133. The normalized spacial score (nSPS) is 7.70. The van der Waals surface area contributed by atoms with E-state index in [1.807, 2.05) is 0 Å². The number of nitrogens with two attached hydrogens (primary N) is 1. The Morgan fingerprint density at radius 2 is 2.40 bits per heavy atom. The maximum absolute atomic E-state index is 10.3. The lowest BCUT2D eigenvalue weighted by Crippen LogP contribution is -2.10. The number of carbonyl (C=O) groups is 1. The van der Waals surface area contributed by atoms with Crippen molar-refractivity contribution in [2.45, 2.75) is 0 Å². The smallest absolute Gasteiger partial charge is 0.335 e. The Bertz CT molecular complexity index is 191. The SMILES string of the molecule is C=CC(=O)OC(=C=O)CN. The van der Waals surface area contributed by atoms with Gasteiger partial charge in [-0.05, 0) is 0 Å². The summed E-state index contributed by atoms with van der Waals surface area (Å²) in [7, 11) is 0. The van der Waals surface area contributed by atoms with Crippen LogP contribution >= 0.6 is 0 Å². The summed E-state index contributed by atoms with van der Waals surface area (Å²) in [6, 6.07) is 0. The van der Waals surface area contributed by atoms with Crippen LogP contribution in [0.2, 0.25) is 0 Å². The van der Waals surface area contributed by atoms with E-state index >= 15 is 0 Å². The molecule has 0 aliphatic carbocycles. The van der Waals surface area contributed by atoms with Crippen molar-refractivity contribution in [3.63, 3.8) is 0 Å². The first-order valence-electron chi connectivity index (χ1n) is 2.53. The Labute approximate surface area is 58.0 Å². The third-order valence-corrected chi connectivity index (χ3v) is 0.690. The van der Waals surface area contributed by atoms with Gasteiger partial charge in [0, 0.05) is 6.08 Å². The minimum absolute atomic E-state index is 0.136.